The normalized spacial score (nSPS) is 10.9. The van der Waals surface area contributed by atoms with Gasteiger partial charge in [-0.25, -0.2) is 0 Å². The molecule has 1 amide bonds. The van der Waals surface area contributed by atoms with Gasteiger partial charge in [0, 0.05) is 22.3 Å². The number of carbonyl (C=O) groups is 1. The summed E-state index contributed by atoms with van der Waals surface area (Å²) in [4.78, 5) is 12.6. The third kappa shape index (κ3) is 4.64. The first kappa shape index (κ1) is 20.6. The quantitative estimate of drug-likeness (QED) is 0.486. The Morgan fingerprint density at radius 2 is 1.93 bits per heavy atom. The fourth-order valence-corrected chi connectivity index (χ4v) is 4.48. The SMILES string of the molecule is CCc1cc(Br)cc(C)c1NC(=O)CSc1nnc(-c2ccccc2)n1CC. The predicted molar refractivity (Wildman–Crippen MR) is 119 cm³/mol. The molecule has 146 valence electrons. The van der Waals surface area contributed by atoms with Gasteiger partial charge in [0.05, 0.1) is 5.75 Å². The standard InChI is InChI=1S/C21H23BrN4OS/c1-4-15-12-17(22)11-14(3)19(15)23-18(27)13-28-21-25-24-20(26(21)5-2)16-9-7-6-8-10-16/h6-12H,4-5,13H2,1-3H3,(H,23,27). The predicted octanol–water partition coefficient (Wildman–Crippen LogP) is 5.33. The summed E-state index contributed by atoms with van der Waals surface area (Å²) in [6.07, 6.45) is 0.855. The number of nitrogens with one attached hydrogen (secondary N) is 1. The van der Waals surface area contributed by atoms with Crippen molar-refractivity contribution < 1.29 is 4.79 Å². The molecule has 5 nitrogen and oxygen atoms in total. The van der Waals surface area contributed by atoms with Crippen LogP contribution in [0, 0.1) is 6.92 Å². The first-order chi connectivity index (χ1) is 13.5. The Morgan fingerprint density at radius 3 is 2.61 bits per heavy atom. The van der Waals surface area contributed by atoms with Crippen LogP contribution in [0.2, 0.25) is 0 Å². The van der Waals surface area contributed by atoms with E-state index in [1.165, 1.54) is 11.8 Å². The molecule has 7 heteroatoms. The van der Waals surface area contributed by atoms with E-state index in [1.54, 1.807) is 0 Å². The van der Waals surface area contributed by atoms with Crippen molar-refractivity contribution in [3.05, 3.63) is 58.1 Å². The van der Waals surface area contributed by atoms with Crippen molar-refractivity contribution in [3.63, 3.8) is 0 Å². The molecule has 1 N–H and O–H groups in total. The lowest BCUT2D eigenvalue weighted by Gasteiger charge is -2.14. The number of aryl methyl sites for hydroxylation is 2. The van der Waals surface area contributed by atoms with Crippen molar-refractivity contribution in [2.45, 2.75) is 38.9 Å². The monoisotopic (exact) mass is 458 g/mol. The lowest BCUT2D eigenvalue weighted by atomic mass is 10.1. The van der Waals surface area contributed by atoms with E-state index in [9.17, 15) is 4.79 Å². The number of halogens is 1. The summed E-state index contributed by atoms with van der Waals surface area (Å²) < 4.78 is 3.06. The van der Waals surface area contributed by atoms with E-state index in [2.05, 4.69) is 51.4 Å². The van der Waals surface area contributed by atoms with E-state index >= 15 is 0 Å². The number of aromatic nitrogens is 3. The van der Waals surface area contributed by atoms with Crippen molar-refractivity contribution in [1.82, 2.24) is 14.8 Å². The fraction of sp³-hybridized carbons (Fsp3) is 0.286. The van der Waals surface area contributed by atoms with Gasteiger partial charge in [-0.15, -0.1) is 10.2 Å². The zero-order valence-electron chi connectivity index (χ0n) is 16.2. The summed E-state index contributed by atoms with van der Waals surface area (Å²) >= 11 is 4.92. The second-order valence-electron chi connectivity index (χ2n) is 6.36. The molecule has 0 aliphatic heterocycles. The molecule has 2 aromatic carbocycles. The highest BCUT2D eigenvalue weighted by molar-refractivity contribution is 9.10. The van der Waals surface area contributed by atoms with Gasteiger partial charge in [-0.3, -0.25) is 4.79 Å². The minimum atomic E-state index is -0.0444. The van der Waals surface area contributed by atoms with Crippen molar-refractivity contribution in [3.8, 4) is 11.4 Å². The van der Waals surface area contributed by atoms with E-state index in [0.717, 1.165) is 50.8 Å². The van der Waals surface area contributed by atoms with Crippen molar-refractivity contribution in [2.75, 3.05) is 11.1 Å². The zero-order chi connectivity index (χ0) is 20.1. The number of rotatable bonds is 7. The molecule has 0 bridgehead atoms. The van der Waals surface area contributed by atoms with Crippen molar-refractivity contribution in [1.29, 1.82) is 0 Å². The average molecular weight is 459 g/mol. The molecular formula is C21H23BrN4OS. The molecule has 0 aliphatic rings. The molecule has 0 fully saturated rings. The second-order valence-corrected chi connectivity index (χ2v) is 8.22. The van der Waals surface area contributed by atoms with Gasteiger partial charge < -0.3 is 9.88 Å². The third-order valence-electron chi connectivity index (χ3n) is 4.42. The maximum atomic E-state index is 12.6. The van der Waals surface area contributed by atoms with E-state index in [1.807, 2.05) is 47.9 Å². The van der Waals surface area contributed by atoms with Crippen molar-refractivity contribution in [2.24, 2.45) is 0 Å². The highest BCUT2D eigenvalue weighted by Crippen LogP contribution is 2.27. The average Bonchev–Trinajstić information content (AvgIpc) is 3.11. The highest BCUT2D eigenvalue weighted by atomic mass is 79.9. The van der Waals surface area contributed by atoms with E-state index in [0.29, 0.717) is 0 Å². The molecule has 1 aromatic heterocycles. The molecular weight excluding hydrogens is 436 g/mol. The number of thioether (sulfide) groups is 1. The van der Waals surface area contributed by atoms with E-state index < -0.39 is 0 Å². The largest absolute Gasteiger partial charge is 0.325 e. The van der Waals surface area contributed by atoms with E-state index in [4.69, 9.17) is 0 Å². The number of carbonyl (C=O) groups excluding carboxylic acids is 1. The van der Waals surface area contributed by atoms with Crippen LogP contribution in [0.5, 0.6) is 0 Å². The molecule has 0 aliphatic carbocycles. The summed E-state index contributed by atoms with van der Waals surface area (Å²) in [7, 11) is 0. The highest BCUT2D eigenvalue weighted by Gasteiger charge is 2.15. The zero-order valence-corrected chi connectivity index (χ0v) is 18.6. The minimum Gasteiger partial charge on any atom is -0.325 e. The van der Waals surface area contributed by atoms with E-state index in [-0.39, 0.29) is 11.7 Å². The number of benzene rings is 2. The molecule has 0 atom stereocenters. The molecule has 0 radical (unpaired) electrons. The van der Waals surface area contributed by atoms with Crippen molar-refractivity contribution >= 4 is 39.3 Å². The molecule has 0 unspecified atom stereocenters. The Kier molecular flexibility index (Phi) is 6.91. The van der Waals surface area contributed by atoms with Gasteiger partial charge in [0.25, 0.3) is 0 Å². The van der Waals surface area contributed by atoms with Gasteiger partial charge in [-0.1, -0.05) is 64.9 Å². The van der Waals surface area contributed by atoms with Crippen LogP contribution in [0.15, 0.2) is 52.1 Å². The van der Waals surface area contributed by atoms with Gasteiger partial charge in [0.15, 0.2) is 11.0 Å². The topological polar surface area (TPSA) is 59.8 Å². The molecule has 0 spiro atoms. The van der Waals surface area contributed by atoms with Crippen LogP contribution in [0.3, 0.4) is 0 Å². The lowest BCUT2D eigenvalue weighted by Crippen LogP contribution is -2.16. The molecule has 3 rings (SSSR count). The Hall–Kier alpha value is -2.12. The molecule has 3 aromatic rings. The van der Waals surface area contributed by atoms with Gasteiger partial charge >= 0.3 is 0 Å². The Labute approximate surface area is 178 Å². The van der Waals surface area contributed by atoms with Crippen LogP contribution in [-0.4, -0.2) is 26.4 Å². The first-order valence-corrected chi connectivity index (χ1v) is 11.0. The van der Waals surface area contributed by atoms with Gasteiger partial charge in [-0.05, 0) is 43.5 Å². The third-order valence-corrected chi connectivity index (χ3v) is 5.85. The number of nitrogens with zero attached hydrogens (tertiary/aromatic N) is 3. The lowest BCUT2D eigenvalue weighted by molar-refractivity contribution is -0.113. The Balaban J connectivity index is 1.72. The number of amides is 1. The molecule has 0 saturated heterocycles. The number of hydrogen-bond donors (Lipinski definition) is 1. The van der Waals surface area contributed by atoms with Crippen LogP contribution in [0.1, 0.15) is 25.0 Å². The number of anilines is 1. The Bertz CT molecular complexity index is 972. The van der Waals surface area contributed by atoms with Crippen LogP contribution < -0.4 is 5.32 Å². The summed E-state index contributed by atoms with van der Waals surface area (Å²) in [6, 6.07) is 14.0. The van der Waals surface area contributed by atoms with Crippen LogP contribution in [0.4, 0.5) is 5.69 Å². The van der Waals surface area contributed by atoms with Gasteiger partial charge in [0.2, 0.25) is 5.91 Å². The maximum absolute atomic E-state index is 12.6. The summed E-state index contributed by atoms with van der Waals surface area (Å²) in [5.74, 6) is 1.06. The Morgan fingerprint density at radius 1 is 1.18 bits per heavy atom. The first-order valence-electron chi connectivity index (χ1n) is 9.23. The summed E-state index contributed by atoms with van der Waals surface area (Å²) in [5, 5.41) is 12.4. The second kappa shape index (κ2) is 9.39. The van der Waals surface area contributed by atoms with Gasteiger partial charge in [-0.2, -0.15) is 0 Å². The summed E-state index contributed by atoms with van der Waals surface area (Å²) in [6.45, 7) is 6.89. The fourth-order valence-electron chi connectivity index (χ4n) is 3.06. The minimum absolute atomic E-state index is 0.0444. The number of hydrogen-bond acceptors (Lipinski definition) is 4. The smallest absolute Gasteiger partial charge is 0.234 e. The molecule has 0 saturated carbocycles. The van der Waals surface area contributed by atoms with Crippen LogP contribution >= 0.6 is 27.7 Å². The molecule has 28 heavy (non-hydrogen) atoms. The maximum Gasteiger partial charge on any atom is 0.234 e. The van der Waals surface area contributed by atoms with Gasteiger partial charge in [0.1, 0.15) is 0 Å². The van der Waals surface area contributed by atoms with Crippen LogP contribution in [-0.2, 0) is 17.8 Å². The summed E-state index contributed by atoms with van der Waals surface area (Å²) in [5.41, 5.74) is 4.09. The van der Waals surface area contributed by atoms with Crippen LogP contribution in [0.25, 0.3) is 11.4 Å². The molecule has 1 heterocycles.